The molecule has 6 nitrogen and oxygen atoms in total. The number of aromatic nitrogens is 1. The average Bonchev–Trinajstić information content (AvgIpc) is 3.64. The van der Waals surface area contributed by atoms with Crippen molar-refractivity contribution in [2.45, 2.75) is 38.4 Å². The summed E-state index contributed by atoms with van der Waals surface area (Å²) in [5.74, 6) is 1.37. The standard InChI is InChI=1S/C28H23Cl2NO5/c1-16(28(32)33)35-21-13-9-18(10-14-21)17-7-11-20(12-8-17)34-15-22-26(31-36-27(22)19-5-6-19)25-23(29)3-2-4-24(25)30/h2-4,7-14,16,19H,5-6,15H2,1H3,(H,32,33). The van der Waals surface area contributed by atoms with Crippen LogP contribution in [0, 0.1) is 0 Å². The molecule has 0 amide bonds. The summed E-state index contributed by atoms with van der Waals surface area (Å²) in [4.78, 5) is 11.0. The molecular weight excluding hydrogens is 501 g/mol. The molecule has 1 aliphatic rings. The van der Waals surface area contributed by atoms with Gasteiger partial charge in [-0.15, -0.1) is 0 Å². The Morgan fingerprint density at radius 1 is 1.00 bits per heavy atom. The van der Waals surface area contributed by atoms with Crippen LogP contribution in [0.1, 0.15) is 37.0 Å². The minimum Gasteiger partial charge on any atom is -0.489 e. The van der Waals surface area contributed by atoms with Gasteiger partial charge in [-0.3, -0.25) is 0 Å². The van der Waals surface area contributed by atoms with Gasteiger partial charge in [-0.25, -0.2) is 4.79 Å². The predicted molar refractivity (Wildman–Crippen MR) is 138 cm³/mol. The van der Waals surface area contributed by atoms with Crippen LogP contribution in [0.4, 0.5) is 0 Å². The third-order valence-electron chi connectivity index (χ3n) is 6.05. The molecule has 1 unspecified atom stereocenters. The lowest BCUT2D eigenvalue weighted by Crippen LogP contribution is -2.22. The predicted octanol–water partition coefficient (Wildman–Crippen LogP) is 7.62. The number of nitrogens with zero attached hydrogens (tertiary/aromatic N) is 1. The summed E-state index contributed by atoms with van der Waals surface area (Å²) in [6.45, 7) is 1.77. The van der Waals surface area contributed by atoms with Crippen molar-refractivity contribution >= 4 is 29.2 Å². The number of rotatable bonds is 9. The van der Waals surface area contributed by atoms with Crippen LogP contribution >= 0.6 is 23.2 Å². The van der Waals surface area contributed by atoms with E-state index in [0.29, 0.717) is 38.7 Å². The number of ether oxygens (including phenoxy) is 2. The quantitative estimate of drug-likeness (QED) is 0.243. The normalized spacial score (nSPS) is 13.9. The Morgan fingerprint density at radius 2 is 1.58 bits per heavy atom. The Bertz CT molecular complexity index is 1360. The number of carboxylic acid groups (broad SMARTS) is 1. The molecule has 1 aromatic heterocycles. The molecule has 1 atom stereocenters. The van der Waals surface area contributed by atoms with Crippen LogP contribution in [0.3, 0.4) is 0 Å². The zero-order valence-corrected chi connectivity index (χ0v) is 20.9. The second kappa shape index (κ2) is 10.2. The van der Waals surface area contributed by atoms with Crippen LogP contribution < -0.4 is 9.47 Å². The lowest BCUT2D eigenvalue weighted by molar-refractivity contribution is -0.144. The number of hydrogen-bond donors (Lipinski definition) is 1. The Balaban J connectivity index is 1.31. The summed E-state index contributed by atoms with van der Waals surface area (Å²) < 4.78 is 17.2. The average molecular weight is 524 g/mol. The fourth-order valence-electron chi connectivity index (χ4n) is 3.93. The van der Waals surface area contributed by atoms with Crippen molar-refractivity contribution < 1.29 is 23.9 Å². The number of benzene rings is 3. The lowest BCUT2D eigenvalue weighted by atomic mass is 10.0. The molecule has 0 bridgehead atoms. The maximum absolute atomic E-state index is 11.0. The minimum absolute atomic E-state index is 0.277. The number of aliphatic carboxylic acids is 1. The van der Waals surface area contributed by atoms with Crippen LogP contribution in [-0.2, 0) is 11.4 Å². The summed E-state index contributed by atoms with van der Waals surface area (Å²) in [6, 6.07) is 20.4. The van der Waals surface area contributed by atoms with E-state index in [1.165, 1.54) is 6.92 Å². The lowest BCUT2D eigenvalue weighted by Gasteiger charge is -2.11. The van der Waals surface area contributed by atoms with Gasteiger partial charge in [0.2, 0.25) is 0 Å². The van der Waals surface area contributed by atoms with E-state index in [0.717, 1.165) is 35.3 Å². The van der Waals surface area contributed by atoms with Crippen LogP contribution in [-0.4, -0.2) is 22.3 Å². The Kier molecular flexibility index (Phi) is 6.90. The number of carbonyl (C=O) groups is 1. The van der Waals surface area contributed by atoms with E-state index in [2.05, 4.69) is 5.16 Å². The molecule has 3 aromatic carbocycles. The number of hydrogen-bond acceptors (Lipinski definition) is 5. The summed E-state index contributed by atoms with van der Waals surface area (Å²) >= 11 is 12.9. The minimum atomic E-state index is -1.01. The molecule has 0 saturated heterocycles. The SMILES string of the molecule is CC(Oc1ccc(-c2ccc(OCc3c(-c4c(Cl)cccc4Cl)noc3C3CC3)cc2)cc1)C(=O)O. The van der Waals surface area contributed by atoms with Gasteiger partial charge in [0.1, 0.15) is 29.6 Å². The van der Waals surface area contributed by atoms with Gasteiger partial charge < -0.3 is 19.1 Å². The van der Waals surface area contributed by atoms with Crippen molar-refractivity contribution in [1.82, 2.24) is 5.16 Å². The molecule has 1 saturated carbocycles. The van der Waals surface area contributed by atoms with E-state index in [9.17, 15) is 4.79 Å². The highest BCUT2D eigenvalue weighted by Crippen LogP contribution is 2.46. The van der Waals surface area contributed by atoms with E-state index in [4.69, 9.17) is 42.3 Å². The van der Waals surface area contributed by atoms with Gasteiger partial charge in [0.25, 0.3) is 0 Å². The Labute approximate surface area is 218 Å². The van der Waals surface area contributed by atoms with Gasteiger partial charge in [0.15, 0.2) is 6.10 Å². The third kappa shape index (κ3) is 5.20. The van der Waals surface area contributed by atoms with Gasteiger partial charge in [0, 0.05) is 11.5 Å². The molecule has 4 aromatic rings. The van der Waals surface area contributed by atoms with Crippen molar-refractivity contribution in [2.24, 2.45) is 0 Å². The van der Waals surface area contributed by atoms with Crippen molar-refractivity contribution in [2.75, 3.05) is 0 Å². The van der Waals surface area contributed by atoms with E-state index < -0.39 is 12.1 Å². The van der Waals surface area contributed by atoms with Crippen molar-refractivity contribution in [3.63, 3.8) is 0 Å². The molecule has 1 fully saturated rings. The van der Waals surface area contributed by atoms with Gasteiger partial charge in [0.05, 0.1) is 15.6 Å². The maximum Gasteiger partial charge on any atom is 0.344 e. The molecular formula is C28H23Cl2NO5. The highest BCUT2D eigenvalue weighted by molar-refractivity contribution is 6.39. The molecule has 0 radical (unpaired) electrons. The van der Waals surface area contributed by atoms with Gasteiger partial charge >= 0.3 is 5.97 Å². The highest BCUT2D eigenvalue weighted by Gasteiger charge is 2.33. The van der Waals surface area contributed by atoms with E-state index in [1.54, 1.807) is 30.3 Å². The first-order chi connectivity index (χ1) is 17.4. The molecule has 1 aliphatic carbocycles. The zero-order valence-electron chi connectivity index (χ0n) is 19.4. The van der Waals surface area contributed by atoms with E-state index in [-0.39, 0.29) is 6.61 Å². The topological polar surface area (TPSA) is 81.8 Å². The molecule has 0 spiro atoms. The first-order valence-electron chi connectivity index (χ1n) is 11.6. The van der Waals surface area contributed by atoms with Crippen molar-refractivity contribution in [3.05, 3.63) is 88.1 Å². The molecule has 5 rings (SSSR count). The third-order valence-corrected chi connectivity index (χ3v) is 6.68. The smallest absolute Gasteiger partial charge is 0.344 e. The number of halogens is 2. The van der Waals surface area contributed by atoms with Crippen LogP contribution in [0.5, 0.6) is 11.5 Å². The molecule has 1 heterocycles. The zero-order chi connectivity index (χ0) is 25.2. The molecule has 36 heavy (non-hydrogen) atoms. The van der Waals surface area contributed by atoms with Gasteiger partial charge in [-0.2, -0.15) is 0 Å². The van der Waals surface area contributed by atoms with Crippen molar-refractivity contribution in [3.8, 4) is 33.9 Å². The largest absolute Gasteiger partial charge is 0.489 e. The number of carboxylic acids is 1. The molecule has 184 valence electrons. The summed E-state index contributed by atoms with van der Waals surface area (Å²) in [7, 11) is 0. The Morgan fingerprint density at radius 3 is 2.14 bits per heavy atom. The first-order valence-corrected chi connectivity index (χ1v) is 12.3. The fraction of sp³-hybridized carbons (Fsp3) is 0.214. The monoisotopic (exact) mass is 523 g/mol. The van der Waals surface area contributed by atoms with E-state index in [1.807, 2.05) is 36.4 Å². The second-order valence-corrected chi connectivity index (χ2v) is 9.50. The van der Waals surface area contributed by atoms with Gasteiger partial charge in [-0.1, -0.05) is 58.7 Å². The van der Waals surface area contributed by atoms with Crippen LogP contribution in [0.25, 0.3) is 22.4 Å². The van der Waals surface area contributed by atoms with Crippen LogP contribution in [0.2, 0.25) is 10.0 Å². The summed E-state index contributed by atoms with van der Waals surface area (Å²) in [5.41, 5.74) is 4.09. The molecule has 0 aliphatic heterocycles. The fourth-order valence-corrected chi connectivity index (χ4v) is 4.50. The van der Waals surface area contributed by atoms with Gasteiger partial charge in [-0.05, 0) is 67.3 Å². The summed E-state index contributed by atoms with van der Waals surface area (Å²) in [5, 5.41) is 14.3. The van der Waals surface area contributed by atoms with Crippen LogP contribution in [0.15, 0.2) is 71.3 Å². The highest BCUT2D eigenvalue weighted by atomic mass is 35.5. The maximum atomic E-state index is 11.0. The van der Waals surface area contributed by atoms with Crippen molar-refractivity contribution in [1.29, 1.82) is 0 Å². The van der Waals surface area contributed by atoms with E-state index >= 15 is 0 Å². The first kappa shape index (κ1) is 24.2. The molecule has 1 N–H and O–H groups in total. The Hall–Kier alpha value is -3.48. The second-order valence-electron chi connectivity index (χ2n) is 8.68. The summed E-state index contributed by atoms with van der Waals surface area (Å²) in [6.07, 6.45) is 1.21. The molecule has 8 heteroatoms.